The van der Waals surface area contributed by atoms with Crippen molar-refractivity contribution in [2.45, 2.75) is 69.6 Å². The Bertz CT molecular complexity index is 735. The van der Waals surface area contributed by atoms with Gasteiger partial charge in [0.1, 0.15) is 0 Å². The Hall–Kier alpha value is -1.50. The Balaban J connectivity index is 1.38. The molecule has 2 aliphatic heterocycles. The molecule has 1 saturated heterocycles. The van der Waals surface area contributed by atoms with Crippen LogP contribution in [0.3, 0.4) is 0 Å². The van der Waals surface area contributed by atoms with Gasteiger partial charge in [-0.3, -0.25) is 24.8 Å². The maximum Gasteiger partial charge on any atom is 0.276 e. The number of hydrogen-bond donors (Lipinski definition) is 2. The molecule has 1 aromatic heterocycles. The highest BCUT2D eigenvalue weighted by Crippen LogP contribution is 2.59. The van der Waals surface area contributed by atoms with Crippen molar-refractivity contribution >= 4 is 5.91 Å². The minimum absolute atomic E-state index is 0.430. The molecule has 6 heteroatoms. The molecule has 2 N–H and O–H groups in total. The van der Waals surface area contributed by atoms with Crippen molar-refractivity contribution in [2.75, 3.05) is 13.1 Å². The number of carbonyl (C=O) groups excluding carboxylic acids is 1. The lowest BCUT2D eigenvalue weighted by Gasteiger charge is -2.40. The number of rotatable bonds is 5. The first-order valence-electron chi connectivity index (χ1n) is 10.1. The highest BCUT2D eigenvalue weighted by Gasteiger charge is 2.64. The van der Waals surface area contributed by atoms with Crippen molar-refractivity contribution in [2.24, 2.45) is 5.92 Å². The van der Waals surface area contributed by atoms with Gasteiger partial charge in [0.2, 0.25) is 0 Å². The largest absolute Gasteiger partial charge is 0.294 e. The lowest BCUT2D eigenvalue weighted by molar-refractivity contribution is 0.0704. The highest BCUT2D eigenvalue weighted by atomic mass is 16.5. The third-order valence-corrected chi connectivity index (χ3v) is 7.17. The maximum atomic E-state index is 11.7. The van der Waals surface area contributed by atoms with Gasteiger partial charge < -0.3 is 0 Å². The number of amides is 1. The number of piperidine rings is 1. The number of nitrogens with one attached hydrogen (secondary N) is 1. The quantitative estimate of drug-likeness (QED) is 0.624. The van der Waals surface area contributed by atoms with Gasteiger partial charge in [-0.15, -0.1) is 0 Å². The van der Waals surface area contributed by atoms with E-state index in [1.54, 1.807) is 11.7 Å². The van der Waals surface area contributed by atoms with Gasteiger partial charge >= 0.3 is 0 Å². The number of nitrogens with zero attached hydrogens (tertiary/aromatic N) is 3. The Labute approximate surface area is 154 Å². The Kier molecular flexibility index (Phi) is 3.85. The second kappa shape index (κ2) is 6.01. The molecule has 0 aromatic carbocycles. The van der Waals surface area contributed by atoms with Crippen LogP contribution in [0.15, 0.2) is 12.3 Å². The van der Waals surface area contributed by atoms with Crippen molar-refractivity contribution < 1.29 is 10.0 Å². The van der Waals surface area contributed by atoms with Gasteiger partial charge in [-0.05, 0) is 56.2 Å². The van der Waals surface area contributed by atoms with Crippen molar-refractivity contribution in [1.29, 1.82) is 0 Å². The summed E-state index contributed by atoms with van der Waals surface area (Å²) in [5, 5.41) is 8.90. The Morgan fingerprint density at radius 3 is 2.96 bits per heavy atom. The number of hydroxylamine groups is 1. The standard InChI is InChI=1S/C20H28N4O2/c1-2-16-8-18-14(7-13(10-21-18)19(25)22-26)11-23(16)12-20-9-15(20)5-6-24(20)17-3-4-17/h7,10,15-17,26H,2-6,8-9,11-12H2,1H3,(H,22,25)/t15?,16-,20?/m1/s1. The normalized spacial score (nSPS) is 33.6. The summed E-state index contributed by atoms with van der Waals surface area (Å²) in [5.74, 6) is 0.410. The molecule has 0 radical (unpaired) electrons. The van der Waals surface area contributed by atoms with Crippen molar-refractivity contribution in [1.82, 2.24) is 20.3 Å². The molecule has 1 aromatic rings. The molecule has 0 bridgehead atoms. The topological polar surface area (TPSA) is 68.7 Å². The van der Waals surface area contributed by atoms with Gasteiger partial charge in [0, 0.05) is 49.0 Å². The maximum absolute atomic E-state index is 11.7. The van der Waals surface area contributed by atoms with E-state index in [0.717, 1.165) is 49.1 Å². The van der Waals surface area contributed by atoms with Crippen LogP contribution in [0.2, 0.25) is 0 Å². The molecule has 26 heavy (non-hydrogen) atoms. The minimum atomic E-state index is -0.485. The Morgan fingerprint density at radius 1 is 1.42 bits per heavy atom. The van der Waals surface area contributed by atoms with Crippen LogP contribution in [0.1, 0.15) is 60.6 Å². The summed E-state index contributed by atoms with van der Waals surface area (Å²) < 4.78 is 0. The van der Waals surface area contributed by atoms with Gasteiger partial charge in [-0.2, -0.15) is 0 Å². The van der Waals surface area contributed by atoms with E-state index in [9.17, 15) is 4.79 Å². The van der Waals surface area contributed by atoms with Crippen LogP contribution in [0.5, 0.6) is 0 Å². The van der Waals surface area contributed by atoms with Crippen LogP contribution in [-0.2, 0) is 13.0 Å². The number of aromatic nitrogens is 1. The number of fused-ring (bicyclic) bond motifs is 2. The zero-order valence-electron chi connectivity index (χ0n) is 15.4. The predicted octanol–water partition coefficient (Wildman–Crippen LogP) is 1.96. The third-order valence-electron chi connectivity index (χ3n) is 7.17. The van der Waals surface area contributed by atoms with Crippen molar-refractivity contribution in [3.63, 3.8) is 0 Å². The van der Waals surface area contributed by atoms with E-state index in [4.69, 9.17) is 5.21 Å². The first-order chi connectivity index (χ1) is 12.6. The zero-order chi connectivity index (χ0) is 17.9. The molecule has 3 heterocycles. The van der Waals surface area contributed by atoms with Gasteiger partial charge in [-0.25, -0.2) is 5.48 Å². The second-order valence-corrected chi connectivity index (χ2v) is 8.66. The molecule has 2 saturated carbocycles. The Morgan fingerprint density at radius 2 is 2.27 bits per heavy atom. The molecule has 5 rings (SSSR count). The zero-order valence-corrected chi connectivity index (χ0v) is 15.4. The molecule has 3 fully saturated rings. The number of pyridine rings is 1. The van der Waals surface area contributed by atoms with E-state index in [1.165, 1.54) is 32.2 Å². The van der Waals surface area contributed by atoms with Crippen LogP contribution in [0, 0.1) is 5.92 Å². The summed E-state index contributed by atoms with van der Waals surface area (Å²) in [6.07, 6.45) is 9.18. The smallest absolute Gasteiger partial charge is 0.276 e. The monoisotopic (exact) mass is 356 g/mol. The second-order valence-electron chi connectivity index (χ2n) is 8.66. The van der Waals surface area contributed by atoms with Gasteiger partial charge in [0.05, 0.1) is 5.56 Å². The number of hydrogen-bond acceptors (Lipinski definition) is 5. The highest BCUT2D eigenvalue weighted by molar-refractivity contribution is 5.93. The van der Waals surface area contributed by atoms with Crippen LogP contribution < -0.4 is 5.48 Å². The average molecular weight is 356 g/mol. The van der Waals surface area contributed by atoms with Gasteiger partial charge in [0.25, 0.3) is 5.91 Å². The van der Waals surface area contributed by atoms with Crippen molar-refractivity contribution in [3.05, 3.63) is 29.1 Å². The van der Waals surface area contributed by atoms with E-state index >= 15 is 0 Å². The van der Waals surface area contributed by atoms with E-state index in [-0.39, 0.29) is 0 Å². The first-order valence-corrected chi connectivity index (χ1v) is 10.1. The molecule has 3 atom stereocenters. The van der Waals surface area contributed by atoms with Crippen LogP contribution in [0.25, 0.3) is 0 Å². The van der Waals surface area contributed by atoms with Gasteiger partial charge in [0.15, 0.2) is 0 Å². The fraction of sp³-hybridized carbons (Fsp3) is 0.700. The molecular weight excluding hydrogens is 328 g/mol. The SMILES string of the molecule is CC[C@@H]1Cc2ncc(C(=O)NO)cc2CN1CC12CC1CCN2C1CC1. The molecular formula is C20H28N4O2. The van der Waals surface area contributed by atoms with E-state index in [2.05, 4.69) is 21.7 Å². The minimum Gasteiger partial charge on any atom is -0.294 e. The van der Waals surface area contributed by atoms with E-state index in [1.807, 2.05) is 6.07 Å². The molecule has 2 unspecified atom stereocenters. The summed E-state index contributed by atoms with van der Waals surface area (Å²) in [5.41, 5.74) is 4.83. The molecule has 2 aliphatic carbocycles. The third kappa shape index (κ3) is 2.58. The number of likely N-dealkylation sites (tertiary alicyclic amines) is 1. The van der Waals surface area contributed by atoms with E-state index < -0.39 is 5.91 Å². The van der Waals surface area contributed by atoms with Crippen LogP contribution in [0.4, 0.5) is 0 Å². The summed E-state index contributed by atoms with van der Waals surface area (Å²) in [6, 6.07) is 3.29. The van der Waals surface area contributed by atoms with Gasteiger partial charge in [-0.1, -0.05) is 6.92 Å². The molecule has 140 valence electrons. The number of carbonyl (C=O) groups is 1. The predicted molar refractivity (Wildman–Crippen MR) is 96.9 cm³/mol. The van der Waals surface area contributed by atoms with Crippen molar-refractivity contribution in [3.8, 4) is 0 Å². The average Bonchev–Trinajstić information content (AvgIpc) is 3.59. The lowest BCUT2D eigenvalue weighted by atomic mass is 9.94. The molecule has 6 nitrogen and oxygen atoms in total. The fourth-order valence-electron chi connectivity index (χ4n) is 5.51. The summed E-state index contributed by atoms with van der Waals surface area (Å²) in [4.78, 5) is 21.7. The molecule has 4 aliphatic rings. The summed E-state index contributed by atoms with van der Waals surface area (Å²) in [6.45, 7) is 5.58. The van der Waals surface area contributed by atoms with E-state index in [0.29, 0.717) is 17.1 Å². The lowest BCUT2D eigenvalue weighted by Crippen LogP contribution is -2.50. The summed E-state index contributed by atoms with van der Waals surface area (Å²) in [7, 11) is 0. The molecule has 1 amide bonds. The fourth-order valence-corrected chi connectivity index (χ4v) is 5.51. The van der Waals surface area contributed by atoms with Crippen LogP contribution in [-0.4, -0.2) is 56.6 Å². The molecule has 0 spiro atoms. The van der Waals surface area contributed by atoms with Crippen LogP contribution >= 0.6 is 0 Å². The summed E-state index contributed by atoms with van der Waals surface area (Å²) >= 11 is 0. The first kappa shape index (κ1) is 16.7.